The number of fused-ring (bicyclic) bond motifs is 1. The van der Waals surface area contributed by atoms with Crippen molar-refractivity contribution in [2.75, 3.05) is 16.4 Å². The van der Waals surface area contributed by atoms with Crippen molar-refractivity contribution >= 4 is 77.9 Å². The van der Waals surface area contributed by atoms with E-state index in [0.717, 1.165) is 52.7 Å². The minimum Gasteiger partial charge on any atom is -0.284 e. The number of halogens is 2. The Morgan fingerprint density at radius 1 is 0.944 bits per heavy atom. The number of rotatable bonds is 4. The van der Waals surface area contributed by atoms with Crippen molar-refractivity contribution in [2.45, 2.75) is 24.7 Å². The van der Waals surface area contributed by atoms with E-state index in [4.69, 9.17) is 4.99 Å². The van der Waals surface area contributed by atoms with Crippen LogP contribution in [0.5, 0.6) is 0 Å². The van der Waals surface area contributed by atoms with Gasteiger partial charge in [0.1, 0.15) is 0 Å². The minimum absolute atomic E-state index is 0.276. The molecule has 0 aliphatic carbocycles. The standard InChI is InChI=1S/C26H23N3O2S.2CH3I/c1-19-10-12-23(13-11-19)32(30,31)29-18-22(24-8-2-3-9-25(24)29)16-20-6-5-15-28-26(20)21-7-4-14-27-17-21;2*1-2/h2-4,7-14,16-18H,5-6,15H2,1H3;2*1H3/b20-16+;;. The quantitative estimate of drug-likeness (QED) is 0.163. The maximum absolute atomic E-state index is 13.5. The number of benzene rings is 2. The average Bonchev–Trinajstić information content (AvgIpc) is 3.31. The van der Waals surface area contributed by atoms with E-state index in [0.29, 0.717) is 5.52 Å². The molecule has 0 fully saturated rings. The van der Waals surface area contributed by atoms with Gasteiger partial charge in [-0.3, -0.25) is 9.98 Å². The summed E-state index contributed by atoms with van der Waals surface area (Å²) in [5.41, 5.74) is 5.56. The summed E-state index contributed by atoms with van der Waals surface area (Å²) in [6, 6.07) is 18.5. The molecule has 0 unspecified atom stereocenters. The first kappa shape index (κ1) is 28.5. The summed E-state index contributed by atoms with van der Waals surface area (Å²) < 4.78 is 28.3. The van der Waals surface area contributed by atoms with Gasteiger partial charge in [0.05, 0.1) is 16.1 Å². The molecule has 0 spiro atoms. The SMILES string of the molecule is CI.CI.Cc1ccc(S(=O)(=O)n2cc(/C=C3\CCCN=C3c3cccnc3)c3ccccc32)cc1. The molecule has 0 saturated heterocycles. The molecule has 1 aliphatic rings. The molecule has 4 aromatic rings. The molecule has 0 amide bonds. The first-order valence-electron chi connectivity index (χ1n) is 11.4. The molecule has 8 heteroatoms. The topological polar surface area (TPSA) is 64.3 Å². The number of aromatic nitrogens is 2. The Morgan fingerprint density at radius 3 is 2.36 bits per heavy atom. The van der Waals surface area contributed by atoms with Crippen LogP contribution < -0.4 is 0 Å². The highest BCUT2D eigenvalue weighted by Crippen LogP contribution is 2.30. The van der Waals surface area contributed by atoms with Crippen LogP contribution in [0.4, 0.5) is 0 Å². The van der Waals surface area contributed by atoms with Gasteiger partial charge >= 0.3 is 0 Å². The maximum Gasteiger partial charge on any atom is 0.268 e. The number of aliphatic imine (C=N–C) groups is 1. The number of hydrogen-bond donors (Lipinski definition) is 0. The van der Waals surface area contributed by atoms with Crippen LogP contribution in [0.2, 0.25) is 0 Å². The summed E-state index contributed by atoms with van der Waals surface area (Å²) in [6.07, 6.45) is 9.23. The van der Waals surface area contributed by atoms with Gasteiger partial charge in [-0.25, -0.2) is 12.4 Å². The zero-order chi connectivity index (χ0) is 26.1. The van der Waals surface area contributed by atoms with E-state index in [2.05, 4.69) is 56.2 Å². The lowest BCUT2D eigenvalue weighted by molar-refractivity contribution is 0.589. The van der Waals surface area contributed by atoms with E-state index < -0.39 is 10.0 Å². The van der Waals surface area contributed by atoms with Gasteiger partial charge in [0, 0.05) is 41.6 Å². The molecule has 0 saturated carbocycles. The van der Waals surface area contributed by atoms with Gasteiger partial charge < -0.3 is 0 Å². The van der Waals surface area contributed by atoms with Crippen LogP contribution in [0.3, 0.4) is 0 Å². The monoisotopic (exact) mass is 725 g/mol. The lowest BCUT2D eigenvalue weighted by Crippen LogP contribution is -2.12. The average molecular weight is 725 g/mol. The zero-order valence-electron chi connectivity index (χ0n) is 20.5. The first-order valence-corrected chi connectivity index (χ1v) is 17.1. The number of aryl methyl sites for hydroxylation is 1. The molecule has 0 bridgehead atoms. The van der Waals surface area contributed by atoms with Crippen molar-refractivity contribution in [3.8, 4) is 0 Å². The number of hydrogen-bond acceptors (Lipinski definition) is 4. The van der Waals surface area contributed by atoms with Gasteiger partial charge in [-0.15, -0.1) is 0 Å². The third-order valence-corrected chi connectivity index (χ3v) is 7.42. The third kappa shape index (κ3) is 6.25. The normalized spacial score (nSPS) is 14.4. The molecule has 5 rings (SSSR count). The van der Waals surface area contributed by atoms with Gasteiger partial charge in [0.2, 0.25) is 0 Å². The molecule has 0 atom stereocenters. The maximum atomic E-state index is 13.5. The Morgan fingerprint density at radius 2 is 1.67 bits per heavy atom. The van der Waals surface area contributed by atoms with Crippen LogP contribution in [-0.2, 0) is 10.0 Å². The fraction of sp³-hybridized carbons (Fsp3) is 0.214. The van der Waals surface area contributed by atoms with E-state index in [1.54, 1.807) is 24.5 Å². The number of nitrogens with zero attached hydrogens (tertiary/aromatic N) is 3. The predicted octanol–water partition coefficient (Wildman–Crippen LogP) is 7.35. The van der Waals surface area contributed by atoms with E-state index in [9.17, 15) is 8.42 Å². The van der Waals surface area contributed by atoms with E-state index in [1.807, 2.05) is 71.5 Å². The van der Waals surface area contributed by atoms with Gasteiger partial charge in [0.15, 0.2) is 0 Å². The second-order valence-electron chi connectivity index (χ2n) is 7.96. The van der Waals surface area contributed by atoms with E-state index in [1.165, 1.54) is 3.97 Å². The molecule has 0 radical (unpaired) electrons. The van der Waals surface area contributed by atoms with Gasteiger partial charge in [-0.1, -0.05) is 81.1 Å². The zero-order valence-corrected chi connectivity index (χ0v) is 25.7. The Hall–Kier alpha value is -2.05. The molecular weight excluding hydrogens is 696 g/mol. The smallest absolute Gasteiger partial charge is 0.268 e. The summed E-state index contributed by atoms with van der Waals surface area (Å²) in [6.45, 7) is 2.72. The van der Waals surface area contributed by atoms with Crippen LogP contribution in [0.25, 0.3) is 17.0 Å². The Kier molecular flexibility index (Phi) is 10.7. The number of pyridine rings is 1. The number of para-hydroxylation sites is 1. The molecule has 3 heterocycles. The third-order valence-electron chi connectivity index (χ3n) is 5.73. The molecule has 0 N–H and O–H groups in total. The van der Waals surface area contributed by atoms with Crippen LogP contribution in [0.15, 0.2) is 94.7 Å². The molecule has 1 aliphatic heterocycles. The minimum atomic E-state index is -3.72. The van der Waals surface area contributed by atoms with Crippen LogP contribution in [-0.4, -0.2) is 39.5 Å². The highest BCUT2D eigenvalue weighted by molar-refractivity contribution is 14.1. The number of allylic oxidation sites excluding steroid dienone is 1. The van der Waals surface area contributed by atoms with Crippen LogP contribution >= 0.6 is 45.2 Å². The fourth-order valence-electron chi connectivity index (χ4n) is 4.10. The molecule has 36 heavy (non-hydrogen) atoms. The molecular formula is C28H29I2N3O2S. The lowest BCUT2D eigenvalue weighted by Gasteiger charge is -2.16. The largest absolute Gasteiger partial charge is 0.284 e. The summed E-state index contributed by atoms with van der Waals surface area (Å²) in [4.78, 5) is 13.2. The van der Waals surface area contributed by atoms with Gasteiger partial charge in [-0.2, -0.15) is 0 Å². The van der Waals surface area contributed by atoms with E-state index >= 15 is 0 Å². The second kappa shape index (κ2) is 13.5. The van der Waals surface area contributed by atoms with Crippen molar-refractivity contribution in [1.29, 1.82) is 0 Å². The van der Waals surface area contributed by atoms with Crippen molar-refractivity contribution in [3.05, 3.63) is 102 Å². The van der Waals surface area contributed by atoms with Crippen molar-refractivity contribution in [3.63, 3.8) is 0 Å². The van der Waals surface area contributed by atoms with Crippen molar-refractivity contribution in [1.82, 2.24) is 8.96 Å². The molecule has 2 aromatic carbocycles. The predicted molar refractivity (Wildman–Crippen MR) is 168 cm³/mol. The second-order valence-corrected chi connectivity index (χ2v) is 9.78. The summed E-state index contributed by atoms with van der Waals surface area (Å²) in [5, 5.41) is 0.895. The summed E-state index contributed by atoms with van der Waals surface area (Å²) in [5.74, 6) is 0. The summed E-state index contributed by atoms with van der Waals surface area (Å²) >= 11 is 4.30. The van der Waals surface area contributed by atoms with Gasteiger partial charge in [0.25, 0.3) is 10.0 Å². The number of alkyl halides is 2. The van der Waals surface area contributed by atoms with Crippen LogP contribution in [0, 0.1) is 6.92 Å². The van der Waals surface area contributed by atoms with E-state index in [-0.39, 0.29) is 4.90 Å². The Balaban J connectivity index is 0.000000861. The Labute approximate surface area is 241 Å². The lowest BCUT2D eigenvalue weighted by atomic mass is 9.95. The van der Waals surface area contributed by atoms with Crippen molar-refractivity contribution in [2.24, 2.45) is 4.99 Å². The van der Waals surface area contributed by atoms with Crippen molar-refractivity contribution < 1.29 is 8.42 Å². The molecule has 2 aromatic heterocycles. The Bertz CT molecular complexity index is 1460. The highest BCUT2D eigenvalue weighted by atomic mass is 127. The fourth-order valence-corrected chi connectivity index (χ4v) is 5.48. The van der Waals surface area contributed by atoms with Gasteiger partial charge in [-0.05, 0) is 71.6 Å². The molecule has 5 nitrogen and oxygen atoms in total. The highest BCUT2D eigenvalue weighted by Gasteiger charge is 2.22. The summed E-state index contributed by atoms with van der Waals surface area (Å²) in [7, 11) is -3.72. The van der Waals surface area contributed by atoms with Crippen LogP contribution in [0.1, 0.15) is 29.5 Å². The molecule has 188 valence electrons. The first-order chi connectivity index (χ1) is 17.5.